The molecule has 3 amide bonds. The van der Waals surface area contributed by atoms with Crippen LogP contribution < -0.4 is 10.2 Å². The summed E-state index contributed by atoms with van der Waals surface area (Å²) >= 11 is 1.27. The molecule has 8 heteroatoms. The van der Waals surface area contributed by atoms with Gasteiger partial charge in [-0.3, -0.25) is 14.7 Å². The van der Waals surface area contributed by atoms with E-state index in [0.29, 0.717) is 35.3 Å². The first-order valence-corrected chi connectivity index (χ1v) is 10.1. The monoisotopic (exact) mass is 389 g/mol. The van der Waals surface area contributed by atoms with E-state index < -0.39 is 0 Å². The highest BCUT2D eigenvalue weighted by molar-refractivity contribution is 7.17. The van der Waals surface area contributed by atoms with Gasteiger partial charge in [-0.15, -0.1) is 0 Å². The second-order valence-corrected chi connectivity index (χ2v) is 7.56. The van der Waals surface area contributed by atoms with Gasteiger partial charge in [0.25, 0.3) is 5.91 Å². The molecule has 0 aliphatic carbocycles. The third kappa shape index (κ3) is 4.63. The van der Waals surface area contributed by atoms with Gasteiger partial charge < -0.3 is 10.2 Å². The normalized spacial score (nSPS) is 14.1. The van der Waals surface area contributed by atoms with E-state index in [0.717, 1.165) is 31.4 Å². The summed E-state index contributed by atoms with van der Waals surface area (Å²) in [6.45, 7) is 6.48. The molecule has 0 radical (unpaired) electrons. The van der Waals surface area contributed by atoms with Crippen molar-refractivity contribution in [2.45, 2.75) is 39.7 Å². The molecule has 0 saturated carbocycles. The zero-order chi connectivity index (χ0) is 19.2. The van der Waals surface area contributed by atoms with E-state index in [1.54, 1.807) is 24.2 Å². The molecule has 0 bridgehead atoms. The Bertz CT molecular complexity index is 799. The van der Waals surface area contributed by atoms with Crippen LogP contribution in [0.25, 0.3) is 0 Å². The molecule has 1 N–H and O–H groups in total. The van der Waals surface area contributed by atoms with Crippen molar-refractivity contribution in [3.63, 3.8) is 0 Å². The van der Waals surface area contributed by atoms with Gasteiger partial charge in [-0.2, -0.15) is 0 Å². The summed E-state index contributed by atoms with van der Waals surface area (Å²) in [5.74, 6) is -0.174. The lowest BCUT2D eigenvalue weighted by atomic mass is 10.2. The summed E-state index contributed by atoms with van der Waals surface area (Å²) in [6.07, 6.45) is 6.70. The van der Waals surface area contributed by atoms with Crippen molar-refractivity contribution in [1.82, 2.24) is 20.2 Å². The van der Waals surface area contributed by atoms with E-state index in [2.05, 4.69) is 22.2 Å². The number of anilines is 1. The van der Waals surface area contributed by atoms with Gasteiger partial charge in [-0.1, -0.05) is 37.2 Å². The van der Waals surface area contributed by atoms with Crippen molar-refractivity contribution in [3.8, 4) is 0 Å². The molecule has 2 aromatic rings. The first-order chi connectivity index (χ1) is 13.1. The minimum Gasteiger partial charge on any atom is -0.347 e. The Morgan fingerprint density at radius 2 is 2.22 bits per heavy atom. The lowest BCUT2D eigenvalue weighted by Gasteiger charge is -2.16. The van der Waals surface area contributed by atoms with Crippen LogP contribution >= 0.6 is 11.3 Å². The number of pyridine rings is 1. The van der Waals surface area contributed by atoms with Gasteiger partial charge in [0, 0.05) is 40.0 Å². The highest BCUT2D eigenvalue weighted by Gasteiger charge is 2.32. The summed E-state index contributed by atoms with van der Waals surface area (Å²) in [7, 11) is 0. The van der Waals surface area contributed by atoms with Crippen LogP contribution in [-0.2, 0) is 6.54 Å². The third-order valence-corrected chi connectivity index (χ3v) is 5.70. The maximum Gasteiger partial charge on any atom is 0.326 e. The maximum absolute atomic E-state index is 12.6. The van der Waals surface area contributed by atoms with Crippen molar-refractivity contribution in [3.05, 3.63) is 40.7 Å². The molecule has 3 rings (SSSR count). The molecule has 146 valence electrons. The van der Waals surface area contributed by atoms with Crippen molar-refractivity contribution in [2.75, 3.05) is 24.5 Å². The van der Waals surface area contributed by atoms with E-state index in [1.165, 1.54) is 11.3 Å². The largest absolute Gasteiger partial charge is 0.347 e. The fourth-order valence-electron chi connectivity index (χ4n) is 2.99. The summed E-state index contributed by atoms with van der Waals surface area (Å²) in [5.41, 5.74) is 1.58. The van der Waals surface area contributed by atoms with Crippen LogP contribution in [0.4, 0.5) is 9.93 Å². The molecular formula is C19H27N5O2S. The number of rotatable bonds is 8. The number of hydrogen-bond donors (Lipinski definition) is 1. The van der Waals surface area contributed by atoms with E-state index in [-0.39, 0.29) is 13.4 Å². The first-order valence-electron chi connectivity index (χ1n) is 9.31. The van der Waals surface area contributed by atoms with Crippen LogP contribution in [0.1, 0.15) is 48.5 Å². The lowest BCUT2D eigenvalue weighted by Crippen LogP contribution is -2.32. The van der Waals surface area contributed by atoms with Gasteiger partial charge in [-0.05, 0) is 25.0 Å². The fraction of sp³-hybridized carbons (Fsp3) is 0.474. The van der Waals surface area contributed by atoms with E-state index in [9.17, 15) is 9.59 Å². The van der Waals surface area contributed by atoms with Crippen molar-refractivity contribution in [1.29, 1.82) is 0 Å². The molecule has 0 spiro atoms. The average molecular weight is 390 g/mol. The van der Waals surface area contributed by atoms with Crippen LogP contribution in [-0.4, -0.2) is 46.4 Å². The van der Waals surface area contributed by atoms with Gasteiger partial charge in [0.1, 0.15) is 4.88 Å². The SMILES string of the molecule is CCCCCN1CCN(c2nc(C)c(C(=O)NCc3cccnc3)s2)C1=O.[HH]. The number of unbranched alkanes of at least 4 members (excludes halogenated alkanes) is 2. The number of urea groups is 1. The summed E-state index contributed by atoms with van der Waals surface area (Å²) in [5, 5.41) is 3.49. The number of carbonyl (C=O) groups excluding carboxylic acids is 2. The second kappa shape index (κ2) is 8.94. The summed E-state index contributed by atoms with van der Waals surface area (Å²) in [6, 6.07) is 3.74. The molecular weight excluding hydrogens is 362 g/mol. The highest BCUT2D eigenvalue weighted by Crippen LogP contribution is 2.29. The zero-order valence-corrected chi connectivity index (χ0v) is 16.6. The molecule has 27 heavy (non-hydrogen) atoms. The number of hydrogen-bond acceptors (Lipinski definition) is 5. The molecule has 1 fully saturated rings. The zero-order valence-electron chi connectivity index (χ0n) is 15.8. The number of nitrogens with zero attached hydrogens (tertiary/aromatic N) is 4. The Morgan fingerprint density at radius 1 is 1.37 bits per heavy atom. The van der Waals surface area contributed by atoms with Crippen LogP contribution in [0, 0.1) is 6.92 Å². The fourth-order valence-corrected chi connectivity index (χ4v) is 4.00. The van der Waals surface area contributed by atoms with Gasteiger partial charge in [0.15, 0.2) is 5.13 Å². The molecule has 1 saturated heterocycles. The van der Waals surface area contributed by atoms with Gasteiger partial charge >= 0.3 is 6.03 Å². The molecule has 3 heterocycles. The van der Waals surface area contributed by atoms with Crippen molar-refractivity contribution < 1.29 is 11.0 Å². The number of carbonyl (C=O) groups is 2. The third-order valence-electron chi connectivity index (χ3n) is 4.52. The molecule has 1 aliphatic heterocycles. The number of amides is 3. The molecule has 2 aromatic heterocycles. The molecule has 1 aliphatic rings. The average Bonchev–Trinajstić information content (AvgIpc) is 3.24. The Balaban J connectivity index is 0.00000280. The molecule has 0 unspecified atom stereocenters. The number of nitrogens with one attached hydrogen (secondary N) is 1. The van der Waals surface area contributed by atoms with E-state index in [1.807, 2.05) is 17.0 Å². The van der Waals surface area contributed by atoms with Crippen molar-refractivity contribution >= 4 is 28.4 Å². The van der Waals surface area contributed by atoms with Crippen molar-refractivity contribution in [2.24, 2.45) is 0 Å². The Kier molecular flexibility index (Phi) is 6.39. The van der Waals surface area contributed by atoms with Gasteiger partial charge in [-0.25, -0.2) is 9.78 Å². The molecule has 7 nitrogen and oxygen atoms in total. The van der Waals surface area contributed by atoms with E-state index >= 15 is 0 Å². The van der Waals surface area contributed by atoms with Crippen LogP contribution in [0.2, 0.25) is 0 Å². The maximum atomic E-state index is 12.6. The van der Waals surface area contributed by atoms with Gasteiger partial charge in [0.05, 0.1) is 5.69 Å². The number of aryl methyl sites for hydroxylation is 1. The quantitative estimate of drug-likeness (QED) is 0.702. The Hall–Kier alpha value is -2.48. The molecule has 0 atom stereocenters. The lowest BCUT2D eigenvalue weighted by molar-refractivity contribution is 0.0954. The van der Waals surface area contributed by atoms with Gasteiger partial charge in [0.2, 0.25) is 0 Å². The minimum absolute atomic E-state index is 0. The first kappa shape index (κ1) is 19.3. The summed E-state index contributed by atoms with van der Waals surface area (Å²) in [4.78, 5) is 37.7. The number of aromatic nitrogens is 2. The van der Waals surface area contributed by atoms with E-state index in [4.69, 9.17) is 0 Å². The number of thiazole rings is 1. The topological polar surface area (TPSA) is 78.4 Å². The minimum atomic E-state index is -0.174. The molecule has 0 aromatic carbocycles. The standard InChI is InChI=1S/C19H25N5O2S.H2/c1-3-4-5-9-23-10-11-24(19(23)26)18-22-14(2)16(27-18)17(25)21-13-15-7-6-8-20-12-15;/h6-8,12H,3-5,9-11,13H2,1-2H3,(H,21,25);1H. The van der Waals surface area contributed by atoms with Crippen LogP contribution in [0.15, 0.2) is 24.5 Å². The summed E-state index contributed by atoms with van der Waals surface area (Å²) < 4.78 is 0. The van der Waals surface area contributed by atoms with Crippen LogP contribution in [0.3, 0.4) is 0 Å². The highest BCUT2D eigenvalue weighted by atomic mass is 32.1. The second-order valence-electron chi connectivity index (χ2n) is 6.58. The van der Waals surface area contributed by atoms with Crippen LogP contribution in [0.5, 0.6) is 0 Å². The smallest absolute Gasteiger partial charge is 0.326 e. The Morgan fingerprint density at radius 3 is 2.96 bits per heavy atom. The predicted octanol–water partition coefficient (Wildman–Crippen LogP) is 3.45. The predicted molar refractivity (Wildman–Crippen MR) is 108 cm³/mol. The Labute approximate surface area is 164 Å².